The van der Waals surface area contributed by atoms with Crippen LogP contribution in [0.15, 0.2) is 57.9 Å². The maximum Gasteiger partial charge on any atom is 0.229 e. The van der Waals surface area contributed by atoms with Crippen LogP contribution < -0.4 is 10.2 Å². The van der Waals surface area contributed by atoms with Gasteiger partial charge < -0.3 is 4.42 Å². The van der Waals surface area contributed by atoms with Crippen LogP contribution >= 0.6 is 0 Å². The summed E-state index contributed by atoms with van der Waals surface area (Å²) in [6, 6.07) is 12.4. The minimum Gasteiger partial charge on any atom is -0.463 e. The van der Waals surface area contributed by atoms with Crippen LogP contribution in [0.5, 0.6) is 0 Å². The highest BCUT2D eigenvalue weighted by Crippen LogP contribution is 2.40. The Labute approximate surface area is 145 Å². The van der Waals surface area contributed by atoms with Gasteiger partial charge in [-0.05, 0) is 54.2 Å². The number of hydrogen-bond acceptors (Lipinski definition) is 4. The third kappa shape index (κ3) is 3.30. The average molecular weight is 355 g/mol. The van der Waals surface area contributed by atoms with E-state index < -0.39 is 10.0 Å². The number of nitrogens with one attached hydrogen (secondary N) is 1. The van der Waals surface area contributed by atoms with Crippen LogP contribution in [-0.4, -0.2) is 14.7 Å². The molecule has 3 aromatic rings. The van der Waals surface area contributed by atoms with Crippen LogP contribution in [0.25, 0.3) is 22.1 Å². The van der Waals surface area contributed by atoms with Gasteiger partial charge in [0, 0.05) is 5.69 Å². The molecule has 0 bridgehead atoms. The van der Waals surface area contributed by atoms with Gasteiger partial charge in [-0.25, -0.2) is 8.42 Å². The SMILES string of the molecule is CS(=O)(=O)Nc1ccc(-c2coc3cc(C4CC4)ccc3c2=O)cc1. The maximum absolute atomic E-state index is 12.8. The van der Waals surface area contributed by atoms with E-state index in [1.807, 2.05) is 18.2 Å². The molecule has 0 unspecified atom stereocenters. The zero-order valence-corrected chi connectivity index (χ0v) is 14.5. The van der Waals surface area contributed by atoms with E-state index in [4.69, 9.17) is 4.42 Å². The number of fused-ring (bicyclic) bond motifs is 1. The lowest BCUT2D eigenvalue weighted by Crippen LogP contribution is -2.09. The van der Waals surface area contributed by atoms with Crippen molar-refractivity contribution in [3.05, 3.63) is 64.5 Å². The third-order valence-electron chi connectivity index (χ3n) is 4.35. The summed E-state index contributed by atoms with van der Waals surface area (Å²) in [4.78, 5) is 12.8. The first-order valence-electron chi connectivity index (χ1n) is 8.04. The number of benzene rings is 2. The zero-order chi connectivity index (χ0) is 17.6. The van der Waals surface area contributed by atoms with Crippen molar-refractivity contribution in [2.75, 3.05) is 11.0 Å². The summed E-state index contributed by atoms with van der Waals surface area (Å²) in [7, 11) is -3.33. The summed E-state index contributed by atoms with van der Waals surface area (Å²) in [5, 5.41) is 0.556. The Morgan fingerprint density at radius 3 is 2.44 bits per heavy atom. The minimum atomic E-state index is -3.33. The summed E-state index contributed by atoms with van der Waals surface area (Å²) >= 11 is 0. The van der Waals surface area contributed by atoms with Crippen LogP contribution in [-0.2, 0) is 10.0 Å². The molecule has 1 N–H and O–H groups in total. The Morgan fingerprint density at radius 2 is 1.80 bits per heavy atom. The highest BCUT2D eigenvalue weighted by Gasteiger charge is 2.24. The van der Waals surface area contributed by atoms with E-state index in [0.29, 0.717) is 33.7 Å². The molecule has 0 radical (unpaired) electrons. The molecule has 1 aromatic heterocycles. The van der Waals surface area contributed by atoms with Crippen molar-refractivity contribution in [1.29, 1.82) is 0 Å². The van der Waals surface area contributed by atoms with E-state index >= 15 is 0 Å². The smallest absolute Gasteiger partial charge is 0.229 e. The second-order valence-electron chi connectivity index (χ2n) is 6.46. The van der Waals surface area contributed by atoms with Crippen molar-refractivity contribution in [3.8, 4) is 11.1 Å². The minimum absolute atomic E-state index is 0.0904. The van der Waals surface area contributed by atoms with Gasteiger partial charge in [0.25, 0.3) is 0 Å². The molecule has 6 heteroatoms. The van der Waals surface area contributed by atoms with Gasteiger partial charge in [-0.15, -0.1) is 0 Å². The molecule has 0 spiro atoms. The first-order chi connectivity index (χ1) is 11.9. The molecular formula is C19H17NO4S. The normalized spacial score (nSPS) is 14.6. The fourth-order valence-corrected chi connectivity index (χ4v) is 3.51. The average Bonchev–Trinajstić information content (AvgIpc) is 3.39. The molecule has 1 fully saturated rings. The molecule has 1 aliphatic rings. The van der Waals surface area contributed by atoms with Crippen LogP contribution in [0.2, 0.25) is 0 Å². The van der Waals surface area contributed by atoms with Crippen molar-refractivity contribution in [2.45, 2.75) is 18.8 Å². The van der Waals surface area contributed by atoms with Crippen LogP contribution in [0.3, 0.4) is 0 Å². The molecular weight excluding hydrogens is 338 g/mol. The summed E-state index contributed by atoms with van der Waals surface area (Å²) < 4.78 is 30.6. The molecule has 1 heterocycles. The molecule has 128 valence electrons. The van der Waals surface area contributed by atoms with Gasteiger partial charge in [0.05, 0.1) is 17.2 Å². The van der Waals surface area contributed by atoms with Crippen LogP contribution in [0.1, 0.15) is 24.3 Å². The third-order valence-corrected chi connectivity index (χ3v) is 4.95. The lowest BCUT2D eigenvalue weighted by atomic mass is 10.0. The molecule has 0 atom stereocenters. The fourth-order valence-electron chi connectivity index (χ4n) is 2.95. The predicted octanol–water partition coefficient (Wildman–Crippen LogP) is 3.71. The first kappa shape index (κ1) is 15.9. The van der Waals surface area contributed by atoms with Gasteiger partial charge in [0.15, 0.2) is 5.43 Å². The Kier molecular flexibility index (Phi) is 3.65. The Hall–Kier alpha value is -2.60. The lowest BCUT2D eigenvalue weighted by Gasteiger charge is -2.07. The molecule has 5 nitrogen and oxygen atoms in total. The van der Waals surface area contributed by atoms with Gasteiger partial charge in [-0.2, -0.15) is 0 Å². The highest BCUT2D eigenvalue weighted by molar-refractivity contribution is 7.92. The van der Waals surface area contributed by atoms with Crippen LogP contribution in [0.4, 0.5) is 5.69 Å². The number of anilines is 1. The van der Waals surface area contributed by atoms with Crippen molar-refractivity contribution in [3.63, 3.8) is 0 Å². The number of sulfonamides is 1. The van der Waals surface area contributed by atoms with Gasteiger partial charge in [-0.1, -0.05) is 18.2 Å². The largest absolute Gasteiger partial charge is 0.463 e. The second kappa shape index (κ2) is 5.74. The summed E-state index contributed by atoms with van der Waals surface area (Å²) in [6.45, 7) is 0. The van der Waals surface area contributed by atoms with Crippen molar-refractivity contribution < 1.29 is 12.8 Å². The Bertz CT molecular complexity index is 1110. The fraction of sp³-hybridized carbons (Fsp3) is 0.211. The van der Waals surface area contributed by atoms with Crippen molar-refractivity contribution in [1.82, 2.24) is 0 Å². The molecule has 0 amide bonds. The number of rotatable bonds is 4. The summed E-state index contributed by atoms with van der Waals surface area (Å²) in [5.41, 5.74) is 3.32. The van der Waals surface area contributed by atoms with E-state index in [9.17, 15) is 13.2 Å². The summed E-state index contributed by atoms with van der Waals surface area (Å²) in [6.07, 6.45) is 4.96. The molecule has 25 heavy (non-hydrogen) atoms. The molecule has 1 saturated carbocycles. The van der Waals surface area contributed by atoms with Gasteiger partial charge in [0.2, 0.25) is 10.0 Å². The maximum atomic E-state index is 12.8. The first-order valence-corrected chi connectivity index (χ1v) is 9.93. The lowest BCUT2D eigenvalue weighted by molar-refractivity contribution is 0.604. The molecule has 0 aliphatic heterocycles. The van der Waals surface area contributed by atoms with E-state index in [1.54, 1.807) is 24.3 Å². The van der Waals surface area contributed by atoms with Crippen molar-refractivity contribution >= 4 is 26.7 Å². The van der Waals surface area contributed by atoms with E-state index in [1.165, 1.54) is 24.7 Å². The van der Waals surface area contributed by atoms with Gasteiger partial charge in [0.1, 0.15) is 11.8 Å². The van der Waals surface area contributed by atoms with Gasteiger partial charge >= 0.3 is 0 Å². The Balaban J connectivity index is 1.72. The molecule has 0 saturated heterocycles. The quantitative estimate of drug-likeness (QED) is 0.774. The molecule has 2 aromatic carbocycles. The van der Waals surface area contributed by atoms with E-state index in [0.717, 1.165) is 6.26 Å². The standard InChI is InChI=1S/C19H17NO4S/c1-25(22,23)20-15-7-4-13(5-8-15)17-11-24-18-10-14(12-2-3-12)6-9-16(18)19(17)21/h4-12,20H,2-3H2,1H3. The van der Waals surface area contributed by atoms with Gasteiger partial charge in [-0.3, -0.25) is 9.52 Å². The highest BCUT2D eigenvalue weighted by atomic mass is 32.2. The Morgan fingerprint density at radius 1 is 1.08 bits per heavy atom. The van der Waals surface area contributed by atoms with E-state index in [-0.39, 0.29) is 5.43 Å². The van der Waals surface area contributed by atoms with Crippen LogP contribution in [0, 0.1) is 0 Å². The van der Waals surface area contributed by atoms with Crippen molar-refractivity contribution in [2.24, 2.45) is 0 Å². The number of hydrogen-bond donors (Lipinski definition) is 1. The molecule has 1 aliphatic carbocycles. The summed E-state index contributed by atoms with van der Waals surface area (Å²) in [5.74, 6) is 0.601. The second-order valence-corrected chi connectivity index (χ2v) is 8.21. The molecule has 4 rings (SSSR count). The predicted molar refractivity (Wildman–Crippen MR) is 98.4 cm³/mol. The zero-order valence-electron chi connectivity index (χ0n) is 13.7. The topological polar surface area (TPSA) is 76.4 Å². The monoisotopic (exact) mass is 355 g/mol. The van der Waals surface area contributed by atoms with E-state index in [2.05, 4.69) is 4.72 Å².